The number of nitrogens with zero attached hydrogens (tertiary/aromatic N) is 2. The van der Waals surface area contributed by atoms with Crippen LogP contribution in [0.15, 0.2) is 22.7 Å². The van der Waals surface area contributed by atoms with Gasteiger partial charge in [0.25, 0.3) is 5.89 Å². The molecule has 0 saturated heterocycles. The third-order valence-electron chi connectivity index (χ3n) is 3.17. The van der Waals surface area contributed by atoms with E-state index in [0.29, 0.717) is 30.8 Å². The van der Waals surface area contributed by atoms with Gasteiger partial charge in [0.15, 0.2) is 17.3 Å². The van der Waals surface area contributed by atoms with Crippen LogP contribution in [0.4, 0.5) is 0 Å². The summed E-state index contributed by atoms with van der Waals surface area (Å²) in [4.78, 5) is 4.45. The zero-order chi connectivity index (χ0) is 13.9. The van der Waals surface area contributed by atoms with Crippen molar-refractivity contribution >= 4 is 0 Å². The van der Waals surface area contributed by atoms with Crippen LogP contribution in [0.5, 0.6) is 11.5 Å². The molecule has 0 N–H and O–H groups in total. The van der Waals surface area contributed by atoms with E-state index in [9.17, 15) is 0 Å². The Morgan fingerprint density at radius 3 is 2.60 bits per heavy atom. The van der Waals surface area contributed by atoms with Crippen LogP contribution in [0.25, 0.3) is 11.5 Å². The van der Waals surface area contributed by atoms with Gasteiger partial charge >= 0.3 is 0 Å². The Morgan fingerprint density at radius 2 is 1.90 bits per heavy atom. The van der Waals surface area contributed by atoms with Gasteiger partial charge in [0.1, 0.15) is 0 Å². The first-order valence-corrected chi connectivity index (χ1v) is 7.05. The number of benzene rings is 1. The van der Waals surface area contributed by atoms with E-state index in [-0.39, 0.29) is 0 Å². The summed E-state index contributed by atoms with van der Waals surface area (Å²) in [5.41, 5.74) is 0.858. The summed E-state index contributed by atoms with van der Waals surface area (Å²) in [6.07, 6.45) is 2.32. The second-order valence-corrected chi connectivity index (χ2v) is 4.76. The largest absolute Gasteiger partial charge is 0.490 e. The lowest BCUT2D eigenvalue weighted by Gasteiger charge is -2.11. The van der Waals surface area contributed by atoms with E-state index in [1.54, 1.807) is 0 Å². The Morgan fingerprint density at radius 1 is 1.15 bits per heavy atom. The maximum atomic E-state index is 5.60. The Balaban J connectivity index is 1.89. The summed E-state index contributed by atoms with van der Waals surface area (Å²) in [5, 5.41) is 4.03. The van der Waals surface area contributed by atoms with E-state index in [0.717, 1.165) is 30.0 Å². The minimum absolute atomic E-state index is 0.488. The molecule has 5 heteroatoms. The monoisotopic (exact) mass is 274 g/mol. The van der Waals surface area contributed by atoms with Gasteiger partial charge in [0, 0.05) is 11.5 Å². The quantitative estimate of drug-likeness (QED) is 0.808. The van der Waals surface area contributed by atoms with Gasteiger partial charge in [-0.25, -0.2) is 0 Å². The van der Waals surface area contributed by atoms with Crippen LogP contribution in [0.2, 0.25) is 0 Å². The molecular formula is C15H18N2O3. The molecule has 20 heavy (non-hydrogen) atoms. The maximum absolute atomic E-state index is 5.60. The van der Waals surface area contributed by atoms with Crippen LogP contribution in [-0.4, -0.2) is 23.4 Å². The van der Waals surface area contributed by atoms with E-state index in [2.05, 4.69) is 10.1 Å². The average molecular weight is 274 g/mol. The van der Waals surface area contributed by atoms with Crippen molar-refractivity contribution in [2.75, 3.05) is 13.2 Å². The van der Waals surface area contributed by atoms with E-state index in [4.69, 9.17) is 14.0 Å². The van der Waals surface area contributed by atoms with Gasteiger partial charge in [-0.2, -0.15) is 4.98 Å². The van der Waals surface area contributed by atoms with Gasteiger partial charge < -0.3 is 14.0 Å². The Bertz CT molecular complexity index is 591. The van der Waals surface area contributed by atoms with Gasteiger partial charge in [0.05, 0.1) is 13.2 Å². The topological polar surface area (TPSA) is 57.4 Å². The number of aromatic nitrogens is 2. The molecule has 1 aromatic heterocycles. The molecule has 1 aliphatic rings. The highest BCUT2D eigenvalue weighted by atomic mass is 16.5. The van der Waals surface area contributed by atoms with Crippen LogP contribution < -0.4 is 9.47 Å². The van der Waals surface area contributed by atoms with Gasteiger partial charge in [-0.1, -0.05) is 5.16 Å². The van der Waals surface area contributed by atoms with Crippen LogP contribution in [0.3, 0.4) is 0 Å². The van der Waals surface area contributed by atoms with Crippen molar-refractivity contribution < 1.29 is 14.0 Å². The fraction of sp³-hybridized carbons (Fsp3) is 0.467. The summed E-state index contributed by atoms with van der Waals surface area (Å²) in [7, 11) is 0. The number of hydrogen-bond donors (Lipinski definition) is 0. The van der Waals surface area contributed by atoms with Gasteiger partial charge in [0.2, 0.25) is 0 Å². The molecule has 0 aliphatic heterocycles. The fourth-order valence-electron chi connectivity index (χ4n) is 2.04. The third-order valence-corrected chi connectivity index (χ3v) is 3.17. The minimum Gasteiger partial charge on any atom is -0.490 e. The van der Waals surface area contributed by atoms with Gasteiger partial charge in [-0.05, 0) is 44.9 Å². The normalized spacial score (nSPS) is 14.3. The molecule has 106 valence electrons. The molecule has 1 aromatic carbocycles. The molecule has 1 aliphatic carbocycles. The van der Waals surface area contributed by atoms with Crippen LogP contribution in [0.1, 0.15) is 38.4 Å². The highest BCUT2D eigenvalue weighted by molar-refractivity contribution is 5.59. The Kier molecular flexibility index (Phi) is 3.58. The van der Waals surface area contributed by atoms with Crippen molar-refractivity contribution in [1.82, 2.24) is 10.1 Å². The molecular weight excluding hydrogens is 256 g/mol. The molecule has 3 rings (SSSR count). The van der Waals surface area contributed by atoms with Crippen molar-refractivity contribution in [3.63, 3.8) is 0 Å². The molecule has 1 fully saturated rings. The zero-order valence-corrected chi connectivity index (χ0v) is 11.8. The second kappa shape index (κ2) is 5.53. The van der Waals surface area contributed by atoms with Crippen LogP contribution in [0, 0.1) is 0 Å². The Labute approximate surface area is 117 Å². The summed E-state index contributed by atoms with van der Waals surface area (Å²) < 4.78 is 16.5. The number of ether oxygens (including phenoxy) is 2. The molecule has 0 radical (unpaired) electrons. The molecule has 0 spiro atoms. The van der Waals surface area contributed by atoms with E-state index in [1.165, 1.54) is 0 Å². The predicted octanol–water partition coefficient (Wildman–Crippen LogP) is 3.41. The smallest absolute Gasteiger partial charge is 0.258 e. The molecule has 0 bridgehead atoms. The predicted molar refractivity (Wildman–Crippen MR) is 74.0 cm³/mol. The lowest BCUT2D eigenvalue weighted by atomic mass is 10.2. The van der Waals surface area contributed by atoms with E-state index >= 15 is 0 Å². The standard InChI is InChI=1S/C15H18N2O3/c1-3-18-12-8-7-11(9-13(12)19-4-2)15-16-14(17-20-15)10-5-6-10/h7-10H,3-6H2,1-2H3. The summed E-state index contributed by atoms with van der Waals surface area (Å²) in [6.45, 7) is 5.08. The summed E-state index contributed by atoms with van der Waals surface area (Å²) in [6, 6.07) is 5.68. The van der Waals surface area contributed by atoms with Crippen molar-refractivity contribution in [2.24, 2.45) is 0 Å². The first kappa shape index (κ1) is 13.0. The van der Waals surface area contributed by atoms with E-state index < -0.39 is 0 Å². The SMILES string of the molecule is CCOc1ccc(-c2nc(C3CC3)no2)cc1OCC. The van der Waals surface area contributed by atoms with E-state index in [1.807, 2.05) is 32.0 Å². The van der Waals surface area contributed by atoms with Crippen LogP contribution in [-0.2, 0) is 0 Å². The zero-order valence-electron chi connectivity index (χ0n) is 11.8. The molecule has 2 aromatic rings. The summed E-state index contributed by atoms with van der Waals surface area (Å²) >= 11 is 0. The molecule has 0 amide bonds. The highest BCUT2D eigenvalue weighted by Gasteiger charge is 2.29. The Hall–Kier alpha value is -2.04. The molecule has 0 unspecified atom stereocenters. The number of hydrogen-bond acceptors (Lipinski definition) is 5. The fourth-order valence-corrected chi connectivity index (χ4v) is 2.04. The molecule has 1 heterocycles. The summed E-state index contributed by atoms with van der Waals surface area (Å²) in [5.74, 6) is 3.28. The first-order valence-electron chi connectivity index (χ1n) is 7.05. The highest BCUT2D eigenvalue weighted by Crippen LogP contribution is 2.39. The van der Waals surface area contributed by atoms with Crippen molar-refractivity contribution in [3.05, 3.63) is 24.0 Å². The minimum atomic E-state index is 0.488. The average Bonchev–Trinajstić information content (AvgIpc) is 3.19. The van der Waals surface area contributed by atoms with Crippen LogP contribution >= 0.6 is 0 Å². The first-order chi connectivity index (χ1) is 9.81. The van der Waals surface area contributed by atoms with Crippen molar-refractivity contribution in [1.29, 1.82) is 0 Å². The van der Waals surface area contributed by atoms with Gasteiger partial charge in [-0.15, -0.1) is 0 Å². The lowest BCUT2D eigenvalue weighted by Crippen LogP contribution is -1.98. The molecule has 5 nitrogen and oxygen atoms in total. The molecule has 1 saturated carbocycles. The molecule has 0 atom stereocenters. The van der Waals surface area contributed by atoms with Crippen molar-refractivity contribution in [2.45, 2.75) is 32.6 Å². The third kappa shape index (κ3) is 2.61. The van der Waals surface area contributed by atoms with Crippen molar-refractivity contribution in [3.8, 4) is 23.0 Å². The van der Waals surface area contributed by atoms with Gasteiger partial charge in [-0.3, -0.25) is 0 Å². The maximum Gasteiger partial charge on any atom is 0.258 e. The number of rotatable bonds is 6. The lowest BCUT2D eigenvalue weighted by molar-refractivity contribution is 0.288. The second-order valence-electron chi connectivity index (χ2n) is 4.76.